The third-order valence-corrected chi connectivity index (χ3v) is 0.936. The van der Waals surface area contributed by atoms with Crippen molar-refractivity contribution in [1.29, 1.82) is 0 Å². The number of halogens is 3. The van der Waals surface area contributed by atoms with Crippen LogP contribution in [0.2, 0.25) is 0 Å². The van der Waals surface area contributed by atoms with Crippen molar-refractivity contribution in [2.24, 2.45) is 0 Å². The lowest BCUT2D eigenvalue weighted by Gasteiger charge is -2.09. The minimum Gasteiger partial charge on any atom is -0.353 e. The molecule has 0 aromatic rings. The fourth-order valence-electron chi connectivity index (χ4n) is 0.518. The second-order valence-electron chi connectivity index (χ2n) is 2.14. The van der Waals surface area contributed by atoms with Gasteiger partial charge in [-0.1, -0.05) is 0 Å². The summed E-state index contributed by atoms with van der Waals surface area (Å²) in [5, 5.41) is 0. The highest BCUT2D eigenvalue weighted by atomic mass is 19.4. The molecule has 0 aliphatic rings. The van der Waals surface area contributed by atoms with Gasteiger partial charge in [-0.3, -0.25) is 4.79 Å². The van der Waals surface area contributed by atoms with Gasteiger partial charge in [-0.25, -0.2) is 0 Å². The van der Waals surface area contributed by atoms with Gasteiger partial charge in [0.1, 0.15) is 0 Å². The van der Waals surface area contributed by atoms with Crippen LogP contribution in [0.5, 0.6) is 0 Å². The fourth-order valence-corrected chi connectivity index (χ4v) is 0.518. The van der Waals surface area contributed by atoms with Crippen molar-refractivity contribution >= 4 is 6.29 Å². The Morgan fingerprint density at radius 1 is 1.21 bits per heavy atom. The number of carbonyl (C=O) groups excluding carboxylic acids is 1. The molecule has 86 valence electrons. The Kier molecular flexibility index (Phi) is 10.1. The molecule has 0 N–H and O–H groups in total. The zero-order valence-corrected chi connectivity index (χ0v) is 8.43. The predicted molar refractivity (Wildman–Crippen MR) is 44.8 cm³/mol. The topological polar surface area (TPSA) is 35.5 Å². The van der Waals surface area contributed by atoms with E-state index in [1.54, 1.807) is 0 Å². The summed E-state index contributed by atoms with van der Waals surface area (Å²) in [6.07, 6.45) is -5.74. The van der Waals surface area contributed by atoms with Crippen molar-refractivity contribution in [3.63, 3.8) is 0 Å². The lowest BCUT2D eigenvalue weighted by molar-refractivity contribution is -0.156. The van der Waals surface area contributed by atoms with E-state index in [0.29, 0.717) is 0 Å². The van der Waals surface area contributed by atoms with E-state index in [1.165, 1.54) is 0 Å². The van der Waals surface area contributed by atoms with Gasteiger partial charge in [-0.15, -0.1) is 0 Å². The van der Waals surface area contributed by atoms with Crippen LogP contribution in [-0.4, -0.2) is 32.0 Å². The van der Waals surface area contributed by atoms with Crippen LogP contribution >= 0.6 is 0 Å². The highest BCUT2D eigenvalue weighted by molar-refractivity contribution is 5.56. The summed E-state index contributed by atoms with van der Waals surface area (Å²) >= 11 is 0. The fraction of sp³-hybridized carbons (Fsp3) is 0.875. The van der Waals surface area contributed by atoms with E-state index in [0.717, 1.165) is 13.2 Å². The van der Waals surface area contributed by atoms with Gasteiger partial charge in [-0.05, 0) is 20.8 Å². The van der Waals surface area contributed by atoms with Gasteiger partial charge < -0.3 is 9.47 Å². The summed E-state index contributed by atoms with van der Waals surface area (Å²) in [4.78, 5) is 8.70. The number of ether oxygens (including phenoxy) is 2. The maximum atomic E-state index is 10.4. The molecule has 0 spiro atoms. The third-order valence-electron chi connectivity index (χ3n) is 0.936. The van der Waals surface area contributed by atoms with Gasteiger partial charge in [0.15, 0.2) is 6.29 Å². The Morgan fingerprint density at radius 2 is 1.50 bits per heavy atom. The molecule has 0 aromatic heterocycles. The number of rotatable bonds is 4. The first-order chi connectivity index (χ1) is 6.37. The summed E-state index contributed by atoms with van der Waals surface area (Å²) in [6, 6.07) is 0. The van der Waals surface area contributed by atoms with Crippen molar-refractivity contribution in [3.8, 4) is 0 Å². The zero-order chi connectivity index (χ0) is 11.6. The monoisotopic (exact) mass is 216 g/mol. The predicted octanol–water partition coefficient (Wildman–Crippen LogP) is 2.15. The summed E-state index contributed by atoms with van der Waals surface area (Å²) < 4.78 is 41.4. The van der Waals surface area contributed by atoms with Crippen LogP contribution in [0.15, 0.2) is 0 Å². The van der Waals surface area contributed by atoms with Gasteiger partial charge in [0.05, 0.1) is 0 Å². The average Bonchev–Trinajstić information content (AvgIpc) is 2.05. The van der Waals surface area contributed by atoms with E-state index < -0.39 is 12.5 Å². The maximum Gasteiger partial charge on any atom is 0.446 e. The lowest BCUT2D eigenvalue weighted by Crippen LogP contribution is -2.11. The molecule has 0 atom stereocenters. The van der Waals surface area contributed by atoms with E-state index in [-0.39, 0.29) is 6.29 Å². The van der Waals surface area contributed by atoms with E-state index in [2.05, 4.69) is 0 Å². The van der Waals surface area contributed by atoms with Crippen LogP contribution in [0.25, 0.3) is 0 Å². The molecule has 3 nitrogen and oxygen atoms in total. The molecule has 0 saturated heterocycles. The molecule has 6 heteroatoms. The molecule has 0 saturated carbocycles. The highest BCUT2D eigenvalue weighted by Crippen LogP contribution is 2.08. The maximum absolute atomic E-state index is 10.4. The first-order valence-corrected chi connectivity index (χ1v) is 4.13. The van der Waals surface area contributed by atoms with Gasteiger partial charge in [-0.2, -0.15) is 13.2 Å². The number of hydrogen-bond donors (Lipinski definition) is 0. The molecule has 0 aromatic carbocycles. The minimum atomic E-state index is -4.64. The molecule has 0 radical (unpaired) electrons. The molecule has 0 fully saturated rings. The molecule has 0 amide bonds. The normalized spacial score (nSPS) is 10.8. The summed E-state index contributed by atoms with van der Waals surface area (Å²) in [6.45, 7) is 7.25. The van der Waals surface area contributed by atoms with Crippen molar-refractivity contribution in [1.82, 2.24) is 0 Å². The first-order valence-electron chi connectivity index (χ1n) is 4.13. The number of aldehydes is 1. The van der Waals surface area contributed by atoms with Gasteiger partial charge >= 0.3 is 6.18 Å². The summed E-state index contributed by atoms with van der Waals surface area (Å²) in [5.41, 5.74) is 0. The standard InChI is InChI=1S/C6H14O2.C2HF3O/c1-4-7-6(3)8-5-2;3-2(4,5)1-6/h6H,4-5H2,1-3H3;1H. The van der Waals surface area contributed by atoms with Crippen LogP contribution < -0.4 is 0 Å². The Balaban J connectivity index is 0. The number of alkyl halides is 3. The van der Waals surface area contributed by atoms with Crippen LogP contribution in [0, 0.1) is 0 Å². The molecule has 0 aliphatic heterocycles. The van der Waals surface area contributed by atoms with Gasteiger partial charge in [0.25, 0.3) is 0 Å². The van der Waals surface area contributed by atoms with Crippen molar-refractivity contribution < 1.29 is 27.4 Å². The lowest BCUT2D eigenvalue weighted by atomic mass is 10.7. The van der Waals surface area contributed by atoms with Crippen LogP contribution in [-0.2, 0) is 14.3 Å². The van der Waals surface area contributed by atoms with Crippen molar-refractivity contribution in [3.05, 3.63) is 0 Å². The highest BCUT2D eigenvalue weighted by Gasteiger charge is 2.24. The Labute approximate surface area is 81.2 Å². The van der Waals surface area contributed by atoms with Gasteiger partial charge in [0, 0.05) is 13.2 Å². The van der Waals surface area contributed by atoms with E-state index in [1.807, 2.05) is 20.8 Å². The van der Waals surface area contributed by atoms with E-state index in [9.17, 15) is 13.2 Å². The van der Waals surface area contributed by atoms with Gasteiger partial charge in [0.2, 0.25) is 6.29 Å². The SMILES string of the molecule is CCOC(C)OCC.O=CC(F)(F)F. The third kappa shape index (κ3) is 17.5. The van der Waals surface area contributed by atoms with Crippen LogP contribution in [0.4, 0.5) is 13.2 Å². The van der Waals surface area contributed by atoms with Crippen LogP contribution in [0.3, 0.4) is 0 Å². The average molecular weight is 216 g/mol. The van der Waals surface area contributed by atoms with Crippen LogP contribution in [0.1, 0.15) is 20.8 Å². The molecule has 0 aliphatic carbocycles. The first kappa shape index (κ1) is 15.8. The van der Waals surface area contributed by atoms with Crippen molar-refractivity contribution in [2.45, 2.75) is 33.2 Å². The molecule has 0 rings (SSSR count). The van der Waals surface area contributed by atoms with E-state index in [4.69, 9.17) is 14.3 Å². The Bertz CT molecular complexity index is 130. The molecule has 0 heterocycles. The molecule has 0 bridgehead atoms. The quantitative estimate of drug-likeness (QED) is 0.533. The molecular weight excluding hydrogens is 201 g/mol. The second kappa shape index (κ2) is 8.96. The summed E-state index contributed by atoms with van der Waals surface area (Å²) in [7, 11) is 0. The largest absolute Gasteiger partial charge is 0.446 e. The summed E-state index contributed by atoms with van der Waals surface area (Å²) in [5.74, 6) is 0. The molecule has 14 heavy (non-hydrogen) atoms. The Hall–Kier alpha value is -0.620. The smallest absolute Gasteiger partial charge is 0.353 e. The molecular formula is C8H15F3O3. The minimum absolute atomic E-state index is 0.0370. The van der Waals surface area contributed by atoms with Crippen molar-refractivity contribution in [2.75, 3.05) is 13.2 Å². The number of hydrogen-bond acceptors (Lipinski definition) is 3. The second-order valence-corrected chi connectivity index (χ2v) is 2.14. The van der Waals surface area contributed by atoms with E-state index >= 15 is 0 Å². The molecule has 0 unspecified atom stereocenters. The Morgan fingerprint density at radius 3 is 1.64 bits per heavy atom. The zero-order valence-electron chi connectivity index (χ0n) is 8.43. The number of carbonyl (C=O) groups is 1.